The number of benzene rings is 1. The number of nitrogens with two attached hydrogens (primary N) is 1. The first kappa shape index (κ1) is 42.4. The Hall–Kier alpha value is -2.37. The first-order chi connectivity index (χ1) is 25.3. The van der Waals surface area contributed by atoms with Crippen LogP contribution in [0.5, 0.6) is 0 Å². The van der Waals surface area contributed by atoms with Crippen molar-refractivity contribution in [3.63, 3.8) is 0 Å². The minimum Gasteiger partial charge on any atom is -0.382 e. The monoisotopic (exact) mass is 744 g/mol. The van der Waals surface area contributed by atoms with E-state index in [9.17, 15) is 9.46 Å². The number of phosphoric ester groups is 1. The standard InChI is InChI=1S/C40H65N4O7P/c1-3-4-5-6-7-8-9-10-11-12-13-14-15-16-17-21-28-47-30-36(48-29-34-22-19-18-20-23-34)32-50-52(45,46)49-31-35-26-27-40(2,51-35)38-25-24-37-39(41)42-33-43-44(37)38/h18-20,22-25,33,35-36H,3-17,21,26-32H2,1-2H3,(H,45,46)(H2,41,42,43)/t35-,36+,40+/m0/s1. The molecule has 1 aliphatic rings. The van der Waals surface area contributed by atoms with Crippen molar-refractivity contribution < 1.29 is 32.7 Å². The van der Waals surface area contributed by atoms with E-state index in [4.69, 9.17) is 29.0 Å². The van der Waals surface area contributed by atoms with Gasteiger partial charge in [-0.05, 0) is 43.9 Å². The minimum atomic E-state index is -4.38. The van der Waals surface area contributed by atoms with Gasteiger partial charge < -0.3 is 24.8 Å². The molecule has 2 aromatic heterocycles. The largest absolute Gasteiger partial charge is 0.472 e. The first-order valence-corrected chi connectivity index (χ1v) is 21.4. The minimum absolute atomic E-state index is 0.0882. The second-order valence-corrected chi connectivity index (χ2v) is 16.0. The van der Waals surface area contributed by atoms with Gasteiger partial charge in [-0.1, -0.05) is 134 Å². The van der Waals surface area contributed by atoms with Crippen molar-refractivity contribution in [2.24, 2.45) is 0 Å². The number of nitrogen functional groups attached to an aromatic ring is 1. The number of anilines is 1. The lowest BCUT2D eigenvalue weighted by molar-refractivity contribution is -0.0635. The molecule has 11 nitrogen and oxygen atoms in total. The molecule has 292 valence electrons. The summed E-state index contributed by atoms with van der Waals surface area (Å²) in [6, 6.07) is 13.6. The molecular formula is C40H65N4O7P. The quantitative estimate of drug-likeness (QED) is 0.0522. The van der Waals surface area contributed by atoms with Crippen LogP contribution in [0.4, 0.5) is 5.82 Å². The Morgan fingerprint density at radius 3 is 2.19 bits per heavy atom. The molecule has 3 heterocycles. The van der Waals surface area contributed by atoms with E-state index in [1.165, 1.54) is 96.2 Å². The predicted octanol–water partition coefficient (Wildman–Crippen LogP) is 9.70. The number of ether oxygens (including phenoxy) is 3. The normalized spacial score (nSPS) is 19.3. The summed E-state index contributed by atoms with van der Waals surface area (Å²) < 4.78 is 43.8. The highest BCUT2D eigenvalue weighted by molar-refractivity contribution is 7.47. The van der Waals surface area contributed by atoms with Crippen LogP contribution in [0.15, 0.2) is 48.8 Å². The summed E-state index contributed by atoms with van der Waals surface area (Å²) in [7, 11) is -4.38. The van der Waals surface area contributed by atoms with Crippen molar-refractivity contribution in [1.29, 1.82) is 0 Å². The van der Waals surface area contributed by atoms with Gasteiger partial charge in [0, 0.05) is 6.61 Å². The molecule has 0 spiro atoms. The van der Waals surface area contributed by atoms with E-state index in [1.807, 2.05) is 49.4 Å². The van der Waals surface area contributed by atoms with E-state index in [2.05, 4.69) is 17.0 Å². The molecule has 1 aromatic carbocycles. The van der Waals surface area contributed by atoms with Gasteiger partial charge in [0.2, 0.25) is 0 Å². The van der Waals surface area contributed by atoms with E-state index in [1.54, 1.807) is 4.52 Å². The van der Waals surface area contributed by atoms with Gasteiger partial charge in [-0.25, -0.2) is 14.1 Å². The molecule has 0 aliphatic carbocycles. The van der Waals surface area contributed by atoms with Crippen molar-refractivity contribution in [2.75, 3.05) is 32.2 Å². The molecule has 0 saturated carbocycles. The molecule has 52 heavy (non-hydrogen) atoms. The molecule has 0 radical (unpaired) electrons. The van der Waals surface area contributed by atoms with Crippen LogP contribution in [0.25, 0.3) is 5.52 Å². The first-order valence-electron chi connectivity index (χ1n) is 19.9. The van der Waals surface area contributed by atoms with Crippen LogP contribution in [-0.4, -0.2) is 58.1 Å². The highest BCUT2D eigenvalue weighted by Crippen LogP contribution is 2.46. The summed E-state index contributed by atoms with van der Waals surface area (Å²) in [4.78, 5) is 14.6. The van der Waals surface area contributed by atoms with Crippen molar-refractivity contribution in [1.82, 2.24) is 14.6 Å². The Bertz CT molecular complexity index is 1440. The maximum absolute atomic E-state index is 12.9. The van der Waals surface area contributed by atoms with Crippen LogP contribution in [0.2, 0.25) is 0 Å². The van der Waals surface area contributed by atoms with Crippen LogP contribution in [0, 0.1) is 0 Å². The van der Waals surface area contributed by atoms with Crippen molar-refractivity contribution >= 4 is 19.2 Å². The van der Waals surface area contributed by atoms with Gasteiger partial charge in [0.25, 0.3) is 0 Å². The van der Waals surface area contributed by atoms with Gasteiger partial charge in [-0.3, -0.25) is 9.05 Å². The van der Waals surface area contributed by atoms with E-state index in [-0.39, 0.29) is 19.8 Å². The van der Waals surface area contributed by atoms with Crippen LogP contribution < -0.4 is 5.73 Å². The molecule has 1 fully saturated rings. The molecular weight excluding hydrogens is 679 g/mol. The highest BCUT2D eigenvalue weighted by atomic mass is 31.2. The zero-order valence-electron chi connectivity index (χ0n) is 31.8. The Labute approximate surface area is 311 Å². The fourth-order valence-corrected chi connectivity index (χ4v) is 7.66. The average Bonchev–Trinajstić information content (AvgIpc) is 3.77. The number of phosphoric acid groups is 1. The lowest BCUT2D eigenvalue weighted by Crippen LogP contribution is -2.27. The Morgan fingerprint density at radius 2 is 1.54 bits per heavy atom. The zero-order chi connectivity index (χ0) is 36.9. The molecule has 0 amide bonds. The summed E-state index contributed by atoms with van der Waals surface area (Å²) in [5, 5.41) is 4.33. The summed E-state index contributed by atoms with van der Waals surface area (Å²) >= 11 is 0. The summed E-state index contributed by atoms with van der Waals surface area (Å²) in [6.07, 6.45) is 23.0. The second kappa shape index (κ2) is 23.4. The third kappa shape index (κ3) is 15.2. The van der Waals surface area contributed by atoms with Gasteiger partial charge in [0.05, 0.1) is 38.2 Å². The maximum Gasteiger partial charge on any atom is 0.472 e. The molecule has 0 bridgehead atoms. The summed E-state index contributed by atoms with van der Waals surface area (Å²) in [5.41, 5.74) is 7.87. The fraction of sp³-hybridized carbons (Fsp3) is 0.700. The average molecular weight is 745 g/mol. The van der Waals surface area contributed by atoms with E-state index in [0.29, 0.717) is 37.4 Å². The number of hydrogen-bond acceptors (Lipinski definition) is 9. The van der Waals surface area contributed by atoms with Crippen LogP contribution in [0.1, 0.15) is 141 Å². The number of aromatic nitrogens is 3. The number of hydrogen-bond donors (Lipinski definition) is 2. The predicted molar refractivity (Wildman–Crippen MR) is 206 cm³/mol. The van der Waals surface area contributed by atoms with Crippen LogP contribution >= 0.6 is 7.82 Å². The molecule has 3 N–H and O–H groups in total. The molecule has 1 aliphatic heterocycles. The number of unbranched alkanes of at least 4 members (excludes halogenated alkanes) is 15. The Balaban J connectivity index is 1.09. The smallest absolute Gasteiger partial charge is 0.382 e. The van der Waals surface area contributed by atoms with E-state index in [0.717, 1.165) is 24.1 Å². The fourth-order valence-electron chi connectivity index (χ4n) is 6.87. The third-order valence-corrected chi connectivity index (χ3v) is 11.0. The van der Waals surface area contributed by atoms with Crippen LogP contribution in [-0.2, 0) is 40.0 Å². The second-order valence-electron chi connectivity index (χ2n) is 14.5. The molecule has 4 rings (SSSR count). The van der Waals surface area contributed by atoms with Gasteiger partial charge in [-0.15, -0.1) is 0 Å². The van der Waals surface area contributed by atoms with E-state index >= 15 is 0 Å². The number of nitrogens with zero attached hydrogens (tertiary/aromatic N) is 3. The molecule has 1 unspecified atom stereocenters. The van der Waals surface area contributed by atoms with Crippen molar-refractivity contribution in [3.05, 3.63) is 60.0 Å². The Morgan fingerprint density at radius 1 is 0.904 bits per heavy atom. The van der Waals surface area contributed by atoms with Gasteiger partial charge in [-0.2, -0.15) is 5.10 Å². The van der Waals surface area contributed by atoms with Gasteiger partial charge >= 0.3 is 7.82 Å². The van der Waals surface area contributed by atoms with E-state index < -0.39 is 25.6 Å². The third-order valence-electron chi connectivity index (χ3n) is 10.0. The number of rotatable bonds is 29. The number of fused-ring (bicyclic) bond motifs is 1. The SMILES string of the molecule is CCCCCCCCCCCCCCCCCCOC[C@H](COP(=O)(O)OC[C@@H]1CC[C@](C)(c2ccc3c(N)ncnn23)O1)OCc1ccccc1. The topological polar surface area (TPSA) is 140 Å². The Kier molecular flexibility index (Phi) is 19.1. The van der Waals surface area contributed by atoms with Gasteiger partial charge in [0.1, 0.15) is 23.5 Å². The lowest BCUT2D eigenvalue weighted by atomic mass is 9.98. The summed E-state index contributed by atoms with van der Waals surface area (Å²) in [6.45, 7) is 5.23. The molecule has 3 aromatic rings. The summed E-state index contributed by atoms with van der Waals surface area (Å²) in [5.74, 6) is 0.387. The lowest BCUT2D eigenvalue weighted by Gasteiger charge is -2.25. The van der Waals surface area contributed by atoms with Crippen molar-refractivity contribution in [3.8, 4) is 0 Å². The molecule has 12 heteroatoms. The van der Waals surface area contributed by atoms with Gasteiger partial charge in [0.15, 0.2) is 5.82 Å². The molecule has 4 atom stereocenters. The van der Waals surface area contributed by atoms with Crippen LogP contribution in [0.3, 0.4) is 0 Å². The molecule has 1 saturated heterocycles. The maximum atomic E-state index is 12.9. The zero-order valence-corrected chi connectivity index (χ0v) is 32.7. The highest BCUT2D eigenvalue weighted by Gasteiger charge is 2.41. The van der Waals surface area contributed by atoms with Crippen molar-refractivity contribution in [2.45, 2.75) is 154 Å².